The highest BCUT2D eigenvalue weighted by Crippen LogP contribution is 2.23. The molecule has 0 aliphatic heterocycles. The van der Waals surface area contributed by atoms with Gasteiger partial charge in [-0.15, -0.1) is 0 Å². The lowest BCUT2D eigenvalue weighted by Gasteiger charge is -2.10. The fourth-order valence-electron chi connectivity index (χ4n) is 6.35. The van der Waals surface area contributed by atoms with Crippen LogP contribution in [0.3, 0.4) is 0 Å². The molecular formula is C57H43Cl4F3O8. The smallest absolute Gasteiger partial charge is 0.252 e. The van der Waals surface area contributed by atoms with E-state index in [4.69, 9.17) is 65.4 Å². The van der Waals surface area contributed by atoms with E-state index < -0.39 is 26.8 Å². The summed E-state index contributed by atoms with van der Waals surface area (Å²) in [5, 5.41) is -2.07. The largest absolute Gasteiger partial charge is 0.489 e. The van der Waals surface area contributed by atoms with E-state index >= 15 is 0 Å². The van der Waals surface area contributed by atoms with Crippen LogP contribution in [0.25, 0.3) is 0 Å². The van der Waals surface area contributed by atoms with E-state index in [9.17, 15) is 32.3 Å². The number of hydrogen-bond donors (Lipinski definition) is 0. The van der Waals surface area contributed by atoms with Crippen LogP contribution in [-0.2, 0) is 26.4 Å². The fourth-order valence-corrected chi connectivity index (χ4v) is 7.09. The molecule has 0 saturated heterocycles. The third kappa shape index (κ3) is 18.1. The molecule has 0 fully saturated rings. The van der Waals surface area contributed by atoms with Crippen molar-refractivity contribution in [2.75, 3.05) is 0 Å². The van der Waals surface area contributed by atoms with Gasteiger partial charge in [0.1, 0.15) is 55.3 Å². The van der Waals surface area contributed by atoms with Crippen LogP contribution in [0, 0.1) is 24.4 Å². The molecule has 8 nitrogen and oxygen atoms in total. The molecule has 368 valence electrons. The number of para-hydroxylation sites is 2. The number of rotatable bonds is 16. The van der Waals surface area contributed by atoms with Crippen molar-refractivity contribution in [2.45, 2.75) is 33.4 Å². The Morgan fingerprint density at radius 3 is 1.14 bits per heavy atom. The standard InChI is InChI=1S/C15H13ClO2.3C14H10ClFO2/c1-11-6-2-5-9-14(11)18-10-12-7-3-4-8-13(12)15(16)17;15-14(17)11-6-2-1-5-10(11)9-18-13-8-4-3-7-12(13)16;15-14(17)13-7-2-1-4-10(13)9-18-12-6-3-5-11(16)8-12;15-14(17)13-4-2-1-3-10(13)9-18-12-7-5-11(16)6-8-12/h2-9H,10H2,1H3;3*1-8H,9H2. The average Bonchev–Trinajstić information content (AvgIpc) is 3.38. The van der Waals surface area contributed by atoms with Crippen molar-refractivity contribution in [1.82, 2.24) is 0 Å². The predicted octanol–water partition coefficient (Wildman–Crippen LogP) is 15.3. The van der Waals surface area contributed by atoms with Crippen molar-refractivity contribution in [3.05, 3.63) is 262 Å². The minimum absolute atomic E-state index is 0.0928. The summed E-state index contributed by atoms with van der Waals surface area (Å²) in [6.45, 7) is 2.78. The second-order valence-electron chi connectivity index (χ2n) is 15.0. The maximum Gasteiger partial charge on any atom is 0.252 e. The Labute approximate surface area is 434 Å². The molecule has 8 aromatic carbocycles. The zero-order valence-electron chi connectivity index (χ0n) is 38.2. The summed E-state index contributed by atoms with van der Waals surface area (Å²) in [7, 11) is 0. The normalized spacial score (nSPS) is 10.1. The Morgan fingerprint density at radius 2 is 0.722 bits per heavy atom. The molecular weight excluding hydrogens is 1010 g/mol. The molecule has 0 unspecified atom stereocenters. The molecule has 0 atom stereocenters. The number of aryl methyl sites for hydroxylation is 1. The van der Waals surface area contributed by atoms with Gasteiger partial charge < -0.3 is 18.9 Å². The van der Waals surface area contributed by atoms with Crippen LogP contribution in [0.2, 0.25) is 0 Å². The van der Waals surface area contributed by atoms with Gasteiger partial charge in [-0.2, -0.15) is 0 Å². The molecule has 0 bridgehead atoms. The molecule has 0 aliphatic rings. The molecule has 0 saturated carbocycles. The van der Waals surface area contributed by atoms with E-state index in [1.807, 2.05) is 43.3 Å². The number of benzene rings is 8. The average molecular weight is 1050 g/mol. The van der Waals surface area contributed by atoms with Crippen LogP contribution >= 0.6 is 46.4 Å². The number of carbonyl (C=O) groups excluding carboxylic acids is 4. The Kier molecular flexibility index (Phi) is 22.4. The molecule has 8 rings (SSSR count). The van der Waals surface area contributed by atoms with Gasteiger partial charge in [0.25, 0.3) is 21.0 Å². The van der Waals surface area contributed by atoms with Crippen molar-refractivity contribution in [3.63, 3.8) is 0 Å². The van der Waals surface area contributed by atoms with Crippen molar-refractivity contribution in [3.8, 4) is 23.0 Å². The zero-order chi connectivity index (χ0) is 51.8. The van der Waals surface area contributed by atoms with Gasteiger partial charge in [-0.3, -0.25) is 19.2 Å². The zero-order valence-corrected chi connectivity index (χ0v) is 41.2. The van der Waals surface area contributed by atoms with E-state index in [2.05, 4.69) is 0 Å². The van der Waals surface area contributed by atoms with Gasteiger partial charge in [-0.25, -0.2) is 13.2 Å². The Bertz CT molecular complexity index is 2980. The van der Waals surface area contributed by atoms with Crippen LogP contribution in [0.1, 0.15) is 69.2 Å². The SMILES string of the molecule is Cc1ccccc1OCc1ccccc1C(=O)Cl.O=C(Cl)c1ccccc1COc1ccc(F)cc1.O=C(Cl)c1ccccc1COc1cccc(F)c1.O=C(Cl)c1ccccc1COc1ccccc1F. The Balaban J connectivity index is 0.000000178. The van der Waals surface area contributed by atoms with Crippen LogP contribution in [0.15, 0.2) is 194 Å². The summed E-state index contributed by atoms with van der Waals surface area (Å²) in [5.41, 5.74) is 5.53. The number of halogens is 7. The lowest BCUT2D eigenvalue weighted by Crippen LogP contribution is -2.03. The second-order valence-corrected chi connectivity index (χ2v) is 16.4. The maximum atomic E-state index is 13.3. The fraction of sp³-hybridized carbons (Fsp3) is 0.0877. The summed E-state index contributed by atoms with van der Waals surface area (Å²) in [6.07, 6.45) is 0. The third-order valence-electron chi connectivity index (χ3n) is 10.0. The maximum absolute atomic E-state index is 13.3. The third-order valence-corrected chi connectivity index (χ3v) is 10.8. The molecule has 15 heteroatoms. The molecule has 0 spiro atoms. The summed E-state index contributed by atoms with van der Waals surface area (Å²) >= 11 is 21.9. The minimum atomic E-state index is -0.553. The molecule has 0 N–H and O–H groups in total. The van der Waals surface area contributed by atoms with Gasteiger partial charge >= 0.3 is 0 Å². The van der Waals surface area contributed by atoms with Crippen molar-refractivity contribution < 1.29 is 51.3 Å². The van der Waals surface area contributed by atoms with Gasteiger partial charge in [0.05, 0.1) is 0 Å². The number of hydrogen-bond acceptors (Lipinski definition) is 8. The van der Waals surface area contributed by atoms with Gasteiger partial charge in [-0.1, -0.05) is 109 Å². The first-order valence-corrected chi connectivity index (χ1v) is 23.1. The van der Waals surface area contributed by atoms with E-state index in [1.165, 1.54) is 48.5 Å². The number of ether oxygens (including phenoxy) is 4. The minimum Gasteiger partial charge on any atom is -0.489 e. The topological polar surface area (TPSA) is 105 Å². The first-order chi connectivity index (χ1) is 34.7. The van der Waals surface area contributed by atoms with Crippen molar-refractivity contribution in [1.29, 1.82) is 0 Å². The van der Waals surface area contributed by atoms with Crippen LogP contribution in [-0.4, -0.2) is 21.0 Å². The van der Waals surface area contributed by atoms with Crippen LogP contribution in [0.4, 0.5) is 13.2 Å². The Hall–Kier alpha value is -7.41. The molecule has 0 aliphatic carbocycles. The summed E-state index contributed by atoms with van der Waals surface area (Å²) in [4.78, 5) is 44.8. The van der Waals surface area contributed by atoms with E-state index in [0.29, 0.717) is 57.1 Å². The van der Waals surface area contributed by atoms with Gasteiger partial charge in [0.15, 0.2) is 11.6 Å². The van der Waals surface area contributed by atoms with Crippen molar-refractivity contribution in [2.24, 2.45) is 0 Å². The van der Waals surface area contributed by atoms with E-state index in [1.54, 1.807) is 109 Å². The highest BCUT2D eigenvalue weighted by molar-refractivity contribution is 6.69. The predicted molar refractivity (Wildman–Crippen MR) is 274 cm³/mol. The quantitative estimate of drug-likeness (QED) is 0.0881. The number of carbonyl (C=O) groups is 4. The second kappa shape index (κ2) is 29.1. The lowest BCUT2D eigenvalue weighted by molar-refractivity contribution is 0.107. The summed E-state index contributed by atoms with van der Waals surface area (Å²) < 4.78 is 60.9. The molecule has 0 amide bonds. The highest BCUT2D eigenvalue weighted by Gasteiger charge is 2.13. The first-order valence-electron chi connectivity index (χ1n) is 21.6. The molecule has 72 heavy (non-hydrogen) atoms. The van der Waals surface area contributed by atoms with E-state index in [0.717, 1.165) is 16.9 Å². The monoisotopic (exact) mass is 1050 g/mol. The molecule has 0 aromatic heterocycles. The first kappa shape index (κ1) is 55.5. The summed E-state index contributed by atoms with van der Waals surface area (Å²) in [6, 6.07) is 53.2. The lowest BCUT2D eigenvalue weighted by atomic mass is 10.1. The van der Waals surface area contributed by atoms with Gasteiger partial charge in [0, 0.05) is 50.6 Å². The van der Waals surface area contributed by atoms with Crippen LogP contribution in [0.5, 0.6) is 23.0 Å². The van der Waals surface area contributed by atoms with E-state index in [-0.39, 0.29) is 37.2 Å². The van der Waals surface area contributed by atoms with Gasteiger partial charge in [-0.05, 0) is 138 Å². The summed E-state index contributed by atoms with van der Waals surface area (Å²) in [5.74, 6) is 0.781. The van der Waals surface area contributed by atoms with Gasteiger partial charge in [0.2, 0.25) is 0 Å². The molecule has 8 aromatic rings. The van der Waals surface area contributed by atoms with Crippen LogP contribution < -0.4 is 18.9 Å². The molecule has 0 radical (unpaired) electrons. The highest BCUT2D eigenvalue weighted by atomic mass is 35.5. The van der Waals surface area contributed by atoms with Crippen molar-refractivity contribution >= 4 is 67.4 Å². The Morgan fingerprint density at radius 1 is 0.361 bits per heavy atom. The molecule has 0 heterocycles.